The third-order valence-corrected chi connectivity index (χ3v) is 7.36. The first-order chi connectivity index (χ1) is 12.2. The zero-order chi connectivity index (χ0) is 17.3. The SMILES string of the molecule is COc1ccc2c(c1)[C@@]1(CCNCC3CCC3)CCCC[C@@]1(O)CC2. The summed E-state index contributed by atoms with van der Waals surface area (Å²) in [5.74, 6) is 1.82. The molecule has 0 spiro atoms. The molecule has 0 radical (unpaired) electrons. The lowest BCUT2D eigenvalue weighted by Gasteiger charge is -2.55. The third-order valence-electron chi connectivity index (χ3n) is 7.36. The first kappa shape index (κ1) is 17.4. The minimum Gasteiger partial charge on any atom is -0.497 e. The second-order valence-electron chi connectivity index (χ2n) is 8.59. The maximum absolute atomic E-state index is 11.6. The van der Waals surface area contributed by atoms with E-state index in [-0.39, 0.29) is 5.41 Å². The van der Waals surface area contributed by atoms with Gasteiger partial charge >= 0.3 is 0 Å². The summed E-state index contributed by atoms with van der Waals surface area (Å²) in [6.45, 7) is 2.16. The normalized spacial score (nSPS) is 31.8. The van der Waals surface area contributed by atoms with E-state index in [1.807, 2.05) is 0 Å². The van der Waals surface area contributed by atoms with Crippen LogP contribution in [-0.2, 0) is 11.8 Å². The maximum Gasteiger partial charge on any atom is 0.119 e. The van der Waals surface area contributed by atoms with Gasteiger partial charge in [0.25, 0.3) is 0 Å². The molecule has 3 heteroatoms. The summed E-state index contributed by atoms with van der Waals surface area (Å²) in [5, 5.41) is 15.3. The number of fused-ring (bicyclic) bond motifs is 3. The highest BCUT2D eigenvalue weighted by atomic mass is 16.5. The summed E-state index contributed by atoms with van der Waals surface area (Å²) in [4.78, 5) is 0. The van der Waals surface area contributed by atoms with Gasteiger partial charge in [-0.15, -0.1) is 0 Å². The van der Waals surface area contributed by atoms with Crippen LogP contribution in [0.25, 0.3) is 0 Å². The summed E-state index contributed by atoms with van der Waals surface area (Å²) in [5.41, 5.74) is 2.15. The molecule has 0 heterocycles. The van der Waals surface area contributed by atoms with Crippen molar-refractivity contribution >= 4 is 0 Å². The van der Waals surface area contributed by atoms with Crippen LogP contribution >= 0.6 is 0 Å². The first-order valence-corrected chi connectivity index (χ1v) is 10.3. The highest BCUT2D eigenvalue weighted by Crippen LogP contribution is 2.55. The van der Waals surface area contributed by atoms with Crippen molar-refractivity contribution in [3.05, 3.63) is 29.3 Å². The molecule has 138 valence electrons. The molecule has 0 saturated heterocycles. The van der Waals surface area contributed by atoms with Gasteiger partial charge in [-0.1, -0.05) is 25.3 Å². The van der Waals surface area contributed by atoms with E-state index in [4.69, 9.17) is 4.74 Å². The minimum atomic E-state index is -0.539. The first-order valence-electron chi connectivity index (χ1n) is 10.3. The van der Waals surface area contributed by atoms with Gasteiger partial charge < -0.3 is 15.2 Å². The Morgan fingerprint density at radius 3 is 2.76 bits per heavy atom. The van der Waals surface area contributed by atoms with Gasteiger partial charge in [-0.25, -0.2) is 0 Å². The van der Waals surface area contributed by atoms with Gasteiger partial charge in [-0.2, -0.15) is 0 Å². The Morgan fingerprint density at radius 2 is 2.00 bits per heavy atom. The second-order valence-corrected chi connectivity index (χ2v) is 8.59. The van der Waals surface area contributed by atoms with Crippen molar-refractivity contribution in [3.63, 3.8) is 0 Å². The Labute approximate surface area is 152 Å². The highest BCUT2D eigenvalue weighted by Gasteiger charge is 2.54. The largest absolute Gasteiger partial charge is 0.497 e. The predicted molar refractivity (Wildman–Crippen MR) is 101 cm³/mol. The van der Waals surface area contributed by atoms with Crippen LogP contribution < -0.4 is 10.1 Å². The number of nitrogens with one attached hydrogen (secondary N) is 1. The number of aliphatic hydroxyl groups is 1. The Hall–Kier alpha value is -1.06. The Morgan fingerprint density at radius 1 is 1.16 bits per heavy atom. The predicted octanol–water partition coefficient (Wildman–Crippen LogP) is 3.96. The van der Waals surface area contributed by atoms with Gasteiger partial charge in [-0.05, 0) is 87.2 Å². The van der Waals surface area contributed by atoms with Crippen LogP contribution in [0, 0.1) is 5.92 Å². The van der Waals surface area contributed by atoms with Gasteiger partial charge in [0.05, 0.1) is 12.7 Å². The summed E-state index contributed by atoms with van der Waals surface area (Å²) in [7, 11) is 1.74. The molecule has 3 aliphatic carbocycles. The van der Waals surface area contributed by atoms with Crippen LogP contribution in [0.5, 0.6) is 5.75 Å². The van der Waals surface area contributed by atoms with E-state index in [9.17, 15) is 5.11 Å². The van der Waals surface area contributed by atoms with Crippen LogP contribution in [-0.4, -0.2) is 30.9 Å². The van der Waals surface area contributed by atoms with Gasteiger partial charge in [-0.3, -0.25) is 0 Å². The zero-order valence-corrected chi connectivity index (χ0v) is 15.7. The fourth-order valence-corrected chi connectivity index (χ4v) is 5.55. The number of hydrogen-bond donors (Lipinski definition) is 2. The van der Waals surface area contributed by atoms with Gasteiger partial charge in [0.15, 0.2) is 0 Å². The lowest BCUT2D eigenvalue weighted by Crippen LogP contribution is -2.57. The van der Waals surface area contributed by atoms with Crippen molar-refractivity contribution in [2.75, 3.05) is 20.2 Å². The minimum absolute atomic E-state index is 0.0972. The van der Waals surface area contributed by atoms with E-state index < -0.39 is 5.60 Å². The number of methoxy groups -OCH3 is 1. The van der Waals surface area contributed by atoms with E-state index in [1.165, 1.54) is 36.8 Å². The summed E-state index contributed by atoms with van der Waals surface area (Å²) in [6.07, 6.45) is 11.6. The molecule has 3 aliphatic rings. The molecule has 0 aliphatic heterocycles. The van der Waals surface area contributed by atoms with E-state index in [2.05, 4.69) is 23.5 Å². The Kier molecular flexibility index (Phi) is 4.81. The number of benzene rings is 1. The van der Waals surface area contributed by atoms with Crippen LogP contribution in [0.3, 0.4) is 0 Å². The van der Waals surface area contributed by atoms with Crippen LogP contribution in [0.4, 0.5) is 0 Å². The van der Waals surface area contributed by atoms with Gasteiger partial charge in [0.2, 0.25) is 0 Å². The fraction of sp³-hybridized carbons (Fsp3) is 0.727. The average Bonchev–Trinajstić information content (AvgIpc) is 2.60. The summed E-state index contributed by atoms with van der Waals surface area (Å²) >= 11 is 0. The quantitative estimate of drug-likeness (QED) is 0.768. The van der Waals surface area contributed by atoms with Crippen molar-refractivity contribution in [1.82, 2.24) is 5.32 Å². The number of rotatable bonds is 6. The van der Waals surface area contributed by atoms with Crippen LogP contribution in [0.15, 0.2) is 18.2 Å². The summed E-state index contributed by atoms with van der Waals surface area (Å²) < 4.78 is 5.52. The average molecular weight is 344 g/mol. The van der Waals surface area contributed by atoms with Crippen molar-refractivity contribution in [2.45, 2.75) is 75.2 Å². The van der Waals surface area contributed by atoms with Crippen molar-refractivity contribution in [3.8, 4) is 5.75 Å². The van der Waals surface area contributed by atoms with Gasteiger partial charge in [0, 0.05) is 5.41 Å². The fourth-order valence-electron chi connectivity index (χ4n) is 5.55. The molecular weight excluding hydrogens is 310 g/mol. The molecule has 2 N–H and O–H groups in total. The lowest BCUT2D eigenvalue weighted by molar-refractivity contribution is -0.0869. The molecule has 0 unspecified atom stereocenters. The molecule has 0 amide bonds. The topological polar surface area (TPSA) is 41.5 Å². The van der Waals surface area contributed by atoms with Crippen LogP contribution in [0.2, 0.25) is 0 Å². The molecule has 1 aromatic carbocycles. The zero-order valence-electron chi connectivity index (χ0n) is 15.7. The summed E-state index contributed by atoms with van der Waals surface area (Å²) in [6, 6.07) is 6.52. The second kappa shape index (κ2) is 6.92. The number of hydrogen-bond acceptors (Lipinski definition) is 3. The molecule has 1 aromatic rings. The maximum atomic E-state index is 11.6. The van der Waals surface area contributed by atoms with Crippen molar-refractivity contribution in [2.24, 2.45) is 5.92 Å². The lowest BCUT2D eigenvalue weighted by atomic mass is 9.53. The van der Waals surface area contributed by atoms with Crippen molar-refractivity contribution in [1.29, 1.82) is 0 Å². The van der Waals surface area contributed by atoms with E-state index >= 15 is 0 Å². The van der Waals surface area contributed by atoms with E-state index in [1.54, 1.807) is 7.11 Å². The molecule has 2 atom stereocenters. The standard InChI is InChI=1S/C22H33NO2/c1-25-19-8-7-18-9-12-22(24)11-3-2-10-21(22,20(18)15-19)13-14-23-16-17-5-4-6-17/h7-8,15,17,23-24H,2-6,9-14,16H2,1H3/t21-,22+/m0/s1. The van der Waals surface area contributed by atoms with E-state index in [0.29, 0.717) is 0 Å². The number of ether oxygens (including phenoxy) is 1. The molecule has 0 aromatic heterocycles. The molecule has 2 fully saturated rings. The van der Waals surface area contributed by atoms with Crippen molar-refractivity contribution < 1.29 is 9.84 Å². The van der Waals surface area contributed by atoms with Gasteiger partial charge in [0.1, 0.15) is 5.75 Å². The van der Waals surface area contributed by atoms with Crippen LogP contribution in [0.1, 0.15) is 68.9 Å². The molecule has 0 bridgehead atoms. The molecular formula is C22H33NO2. The molecule has 25 heavy (non-hydrogen) atoms. The van der Waals surface area contributed by atoms with E-state index in [0.717, 1.165) is 63.3 Å². The Balaban J connectivity index is 1.59. The molecule has 2 saturated carbocycles. The highest BCUT2D eigenvalue weighted by molar-refractivity contribution is 5.46. The smallest absolute Gasteiger partial charge is 0.119 e. The molecule has 3 nitrogen and oxygen atoms in total. The molecule has 4 rings (SSSR count). The third kappa shape index (κ3) is 3.00. The monoisotopic (exact) mass is 343 g/mol. The number of aryl methyl sites for hydroxylation is 1. The Bertz CT molecular complexity index is 612.